The molecular formula is C22H20Cl2O4. The molecule has 0 amide bonds. The largest absolute Gasteiger partial charge is 0.424 e. The van der Waals surface area contributed by atoms with Crippen molar-refractivity contribution in [3.05, 3.63) is 48.0 Å². The number of aryl methyl sites for hydroxylation is 1. The zero-order chi connectivity index (χ0) is 20.4. The van der Waals surface area contributed by atoms with Crippen LogP contribution >= 0.6 is 23.2 Å². The van der Waals surface area contributed by atoms with Crippen molar-refractivity contribution in [2.45, 2.75) is 37.9 Å². The first kappa shape index (κ1) is 20.4. The standard InChI is InChI=1S/C22H20Cl2O4/c1-4-14-9-10-17-18(11-14)20(28-22(26)13(3)24)16-8-6-5-7-15(16)19(17)27-21(25)12(2)23/h5-13H,4H2,1-3H3. The van der Waals surface area contributed by atoms with E-state index < -0.39 is 22.7 Å². The number of carbonyl (C=O) groups excluding carboxylic acids is 2. The molecule has 0 aliphatic heterocycles. The molecule has 3 aromatic rings. The molecular weight excluding hydrogens is 399 g/mol. The van der Waals surface area contributed by atoms with Gasteiger partial charge in [-0.2, -0.15) is 0 Å². The molecule has 0 aliphatic carbocycles. The molecule has 0 saturated carbocycles. The summed E-state index contributed by atoms with van der Waals surface area (Å²) in [4.78, 5) is 24.5. The number of halogens is 2. The Bertz CT molecular complexity index is 1060. The highest BCUT2D eigenvalue weighted by Crippen LogP contribution is 2.43. The molecule has 146 valence electrons. The van der Waals surface area contributed by atoms with Gasteiger partial charge in [0.25, 0.3) is 0 Å². The third kappa shape index (κ3) is 3.94. The lowest BCUT2D eigenvalue weighted by Crippen LogP contribution is -2.19. The van der Waals surface area contributed by atoms with E-state index in [1.807, 2.05) is 49.4 Å². The van der Waals surface area contributed by atoms with E-state index in [1.165, 1.54) is 0 Å². The number of ether oxygens (including phenoxy) is 2. The molecule has 2 unspecified atom stereocenters. The first-order chi connectivity index (χ1) is 13.3. The van der Waals surface area contributed by atoms with Gasteiger partial charge in [0, 0.05) is 21.5 Å². The molecule has 0 bridgehead atoms. The fourth-order valence-electron chi connectivity index (χ4n) is 2.95. The lowest BCUT2D eigenvalue weighted by atomic mass is 9.98. The van der Waals surface area contributed by atoms with Gasteiger partial charge >= 0.3 is 11.9 Å². The molecule has 0 aliphatic rings. The van der Waals surface area contributed by atoms with Crippen molar-refractivity contribution in [3.63, 3.8) is 0 Å². The molecule has 2 atom stereocenters. The van der Waals surface area contributed by atoms with Crippen molar-refractivity contribution in [2.75, 3.05) is 0 Å². The Balaban J connectivity index is 2.36. The summed E-state index contributed by atoms with van der Waals surface area (Å²) in [6, 6.07) is 13.0. The normalized spacial score (nSPS) is 13.3. The van der Waals surface area contributed by atoms with Gasteiger partial charge < -0.3 is 9.47 Å². The maximum absolute atomic E-state index is 12.2. The first-order valence-corrected chi connectivity index (χ1v) is 9.89. The van der Waals surface area contributed by atoms with Crippen LogP contribution in [0.1, 0.15) is 26.3 Å². The van der Waals surface area contributed by atoms with Crippen molar-refractivity contribution >= 4 is 56.7 Å². The molecule has 0 saturated heterocycles. The summed E-state index contributed by atoms with van der Waals surface area (Å²) in [5.41, 5.74) is 1.06. The van der Waals surface area contributed by atoms with Crippen LogP contribution in [-0.4, -0.2) is 22.7 Å². The van der Waals surface area contributed by atoms with E-state index in [0.29, 0.717) is 33.0 Å². The zero-order valence-electron chi connectivity index (χ0n) is 15.8. The van der Waals surface area contributed by atoms with Gasteiger partial charge in [-0.15, -0.1) is 23.2 Å². The van der Waals surface area contributed by atoms with Gasteiger partial charge in [-0.3, -0.25) is 9.59 Å². The number of hydrogen-bond acceptors (Lipinski definition) is 4. The van der Waals surface area contributed by atoms with Gasteiger partial charge in [0.05, 0.1) is 0 Å². The number of alkyl halides is 2. The van der Waals surface area contributed by atoms with E-state index >= 15 is 0 Å². The highest BCUT2D eigenvalue weighted by atomic mass is 35.5. The smallest absolute Gasteiger partial charge is 0.329 e. The number of fused-ring (bicyclic) bond motifs is 2. The molecule has 6 heteroatoms. The van der Waals surface area contributed by atoms with Crippen LogP contribution < -0.4 is 9.47 Å². The van der Waals surface area contributed by atoms with Gasteiger partial charge in [0.15, 0.2) is 0 Å². The van der Waals surface area contributed by atoms with Gasteiger partial charge in [0.1, 0.15) is 22.3 Å². The van der Waals surface area contributed by atoms with E-state index in [4.69, 9.17) is 32.7 Å². The third-order valence-electron chi connectivity index (χ3n) is 4.45. The average molecular weight is 419 g/mol. The number of hydrogen-bond donors (Lipinski definition) is 0. The van der Waals surface area contributed by atoms with Crippen molar-refractivity contribution < 1.29 is 19.1 Å². The molecule has 0 fully saturated rings. The lowest BCUT2D eigenvalue weighted by Gasteiger charge is -2.17. The monoisotopic (exact) mass is 418 g/mol. The van der Waals surface area contributed by atoms with Gasteiger partial charge in [-0.1, -0.05) is 43.3 Å². The van der Waals surface area contributed by atoms with Crippen LogP contribution in [0.15, 0.2) is 42.5 Å². The van der Waals surface area contributed by atoms with E-state index in [0.717, 1.165) is 12.0 Å². The molecule has 4 nitrogen and oxygen atoms in total. The summed E-state index contributed by atoms with van der Waals surface area (Å²) < 4.78 is 11.3. The van der Waals surface area contributed by atoms with Crippen LogP contribution in [0.4, 0.5) is 0 Å². The number of carbonyl (C=O) groups is 2. The predicted octanol–water partition coefficient (Wildman–Crippen LogP) is 5.62. The van der Waals surface area contributed by atoms with Crippen molar-refractivity contribution in [3.8, 4) is 11.5 Å². The topological polar surface area (TPSA) is 52.6 Å². The summed E-state index contributed by atoms with van der Waals surface area (Å²) in [5.74, 6) is -0.303. The minimum absolute atomic E-state index is 0.393. The highest BCUT2D eigenvalue weighted by molar-refractivity contribution is 6.30. The number of esters is 2. The van der Waals surface area contributed by atoms with Crippen LogP contribution in [0.2, 0.25) is 0 Å². The van der Waals surface area contributed by atoms with E-state index in [9.17, 15) is 9.59 Å². The van der Waals surface area contributed by atoms with Crippen molar-refractivity contribution in [2.24, 2.45) is 0 Å². The molecule has 3 aromatic carbocycles. The van der Waals surface area contributed by atoms with Crippen LogP contribution in [0, 0.1) is 0 Å². The molecule has 0 heterocycles. The molecule has 0 N–H and O–H groups in total. The fraction of sp³-hybridized carbons (Fsp3) is 0.273. The van der Waals surface area contributed by atoms with Crippen molar-refractivity contribution in [1.82, 2.24) is 0 Å². The summed E-state index contributed by atoms with van der Waals surface area (Å²) in [6.45, 7) is 5.15. The van der Waals surface area contributed by atoms with E-state index in [1.54, 1.807) is 13.8 Å². The number of benzene rings is 3. The Morgan fingerprint density at radius 1 is 0.821 bits per heavy atom. The molecule has 0 spiro atoms. The second-order valence-electron chi connectivity index (χ2n) is 6.51. The highest BCUT2D eigenvalue weighted by Gasteiger charge is 2.22. The summed E-state index contributed by atoms with van der Waals surface area (Å²) >= 11 is 11.8. The Labute approximate surface area is 173 Å². The van der Waals surface area contributed by atoms with Gasteiger partial charge in [-0.05, 0) is 31.9 Å². The second-order valence-corrected chi connectivity index (χ2v) is 7.82. The first-order valence-electron chi connectivity index (χ1n) is 9.02. The molecule has 3 rings (SSSR count). The average Bonchev–Trinajstić information content (AvgIpc) is 2.69. The SMILES string of the molecule is CCc1ccc2c(OC(=O)C(C)Cl)c3ccccc3c(OC(=O)C(C)Cl)c2c1. The minimum Gasteiger partial charge on any atom is -0.424 e. The zero-order valence-corrected chi connectivity index (χ0v) is 17.3. The van der Waals surface area contributed by atoms with Crippen LogP contribution in [0.5, 0.6) is 11.5 Å². The maximum atomic E-state index is 12.2. The Kier molecular flexibility index (Phi) is 6.11. The quantitative estimate of drug-likeness (QED) is 0.233. The summed E-state index contributed by atoms with van der Waals surface area (Å²) in [7, 11) is 0. The van der Waals surface area contributed by atoms with E-state index in [2.05, 4.69) is 0 Å². The Morgan fingerprint density at radius 3 is 1.75 bits per heavy atom. The van der Waals surface area contributed by atoms with Crippen LogP contribution in [-0.2, 0) is 16.0 Å². The number of rotatable bonds is 5. The summed E-state index contributed by atoms with van der Waals surface area (Å²) in [5, 5.41) is 1.05. The fourth-order valence-corrected chi connectivity index (χ4v) is 3.04. The summed E-state index contributed by atoms with van der Waals surface area (Å²) in [6.07, 6.45) is 0.801. The molecule has 0 radical (unpaired) electrons. The predicted molar refractivity (Wildman–Crippen MR) is 113 cm³/mol. The second kappa shape index (κ2) is 8.38. The molecule has 28 heavy (non-hydrogen) atoms. The van der Waals surface area contributed by atoms with Crippen LogP contribution in [0.25, 0.3) is 21.5 Å². The third-order valence-corrected chi connectivity index (χ3v) is 4.81. The van der Waals surface area contributed by atoms with Gasteiger partial charge in [-0.25, -0.2) is 0 Å². The Hall–Kier alpha value is -2.30. The van der Waals surface area contributed by atoms with Crippen molar-refractivity contribution in [1.29, 1.82) is 0 Å². The van der Waals surface area contributed by atoms with Gasteiger partial charge in [0.2, 0.25) is 0 Å². The lowest BCUT2D eigenvalue weighted by molar-refractivity contribution is -0.134. The minimum atomic E-state index is -0.794. The maximum Gasteiger partial charge on any atom is 0.329 e. The Morgan fingerprint density at radius 2 is 1.29 bits per heavy atom. The van der Waals surface area contributed by atoms with Crippen LogP contribution in [0.3, 0.4) is 0 Å². The van der Waals surface area contributed by atoms with E-state index in [-0.39, 0.29) is 0 Å². The molecule has 0 aromatic heterocycles.